The lowest BCUT2D eigenvalue weighted by molar-refractivity contribution is -0.149. The number of allylic oxidation sites excluding steroid dienone is 4. The predicted molar refractivity (Wildman–Crippen MR) is 129 cm³/mol. The van der Waals surface area contributed by atoms with Crippen LogP contribution in [-0.4, -0.2) is 61.1 Å². The second kappa shape index (κ2) is 12.2. The molecule has 0 radical (unpaired) electrons. The summed E-state index contributed by atoms with van der Waals surface area (Å²) in [6.07, 6.45) is -6.21. The molecule has 3 heterocycles. The standard InChI is InChI=1S/C15H13F6NO2.C7H9BrN2.C2H6/c16-14(17,18)9-3-4-10(15(19,20)21)7-8(6-9)12-11-2-1-5-22(11)13(23)24-12;1-10(2)7-4-3-6(8)5-9-7;1-2/h3-4,6-7,9,11-12H,1-2,5H2;3-5H,1-2H3;1-2H3. The number of amides is 1. The molecule has 1 aliphatic carbocycles. The number of halogens is 7. The van der Waals surface area contributed by atoms with Crippen LogP contribution in [0, 0.1) is 5.92 Å². The molecular weight excluding hydrogens is 556 g/mol. The highest BCUT2D eigenvalue weighted by Gasteiger charge is 2.48. The van der Waals surface area contributed by atoms with Crippen molar-refractivity contribution in [2.75, 3.05) is 25.5 Å². The van der Waals surface area contributed by atoms with Gasteiger partial charge in [0, 0.05) is 31.3 Å². The second-order valence-corrected chi connectivity index (χ2v) is 9.04. The number of fused-ring (bicyclic) bond motifs is 1. The quantitative estimate of drug-likeness (QED) is 0.349. The van der Waals surface area contributed by atoms with E-state index >= 15 is 0 Å². The SMILES string of the molecule is CC.CN(C)c1ccc(Br)cn1.O=C1OC(C2=CC(C(F)(F)F)C=CC(C(F)(F)F)=C2)C2CCCN12. The summed E-state index contributed by atoms with van der Waals surface area (Å²) in [7, 11) is 3.94. The Bertz CT molecular complexity index is 987. The summed E-state index contributed by atoms with van der Waals surface area (Å²) in [5, 5.41) is 0. The van der Waals surface area contributed by atoms with Crippen LogP contribution in [0.1, 0.15) is 26.7 Å². The van der Waals surface area contributed by atoms with Crippen molar-refractivity contribution in [3.8, 4) is 0 Å². The summed E-state index contributed by atoms with van der Waals surface area (Å²) in [5.74, 6) is -1.19. The third-order valence-electron chi connectivity index (χ3n) is 5.49. The van der Waals surface area contributed by atoms with Crippen LogP contribution in [0.4, 0.5) is 37.0 Å². The van der Waals surface area contributed by atoms with E-state index in [1.165, 1.54) is 4.90 Å². The molecule has 2 aliphatic heterocycles. The zero-order valence-electron chi connectivity index (χ0n) is 20.2. The summed E-state index contributed by atoms with van der Waals surface area (Å²) >= 11 is 3.31. The molecule has 3 aliphatic rings. The Labute approximate surface area is 214 Å². The van der Waals surface area contributed by atoms with E-state index in [0.717, 1.165) is 10.3 Å². The molecule has 1 aromatic heterocycles. The molecule has 3 atom stereocenters. The highest BCUT2D eigenvalue weighted by atomic mass is 79.9. The fraction of sp³-hybridized carbons (Fsp3) is 0.500. The van der Waals surface area contributed by atoms with Gasteiger partial charge in [-0.05, 0) is 52.6 Å². The zero-order chi connectivity index (χ0) is 27.3. The van der Waals surface area contributed by atoms with Crippen molar-refractivity contribution in [1.82, 2.24) is 9.88 Å². The van der Waals surface area contributed by atoms with Gasteiger partial charge in [-0.2, -0.15) is 26.3 Å². The van der Waals surface area contributed by atoms with Crippen molar-refractivity contribution < 1.29 is 35.9 Å². The van der Waals surface area contributed by atoms with Gasteiger partial charge in [0.1, 0.15) is 11.9 Å². The number of hydrogen-bond acceptors (Lipinski definition) is 4. The van der Waals surface area contributed by atoms with Crippen molar-refractivity contribution in [1.29, 1.82) is 0 Å². The van der Waals surface area contributed by atoms with Crippen molar-refractivity contribution in [3.63, 3.8) is 0 Å². The molecule has 0 spiro atoms. The Morgan fingerprint density at radius 2 is 1.81 bits per heavy atom. The number of carbonyl (C=O) groups excluding carboxylic acids is 1. The molecule has 5 nitrogen and oxygen atoms in total. The van der Waals surface area contributed by atoms with Crippen LogP contribution >= 0.6 is 15.9 Å². The molecule has 12 heteroatoms. The molecule has 1 amide bonds. The summed E-state index contributed by atoms with van der Waals surface area (Å²) in [6, 6.07) is 3.41. The van der Waals surface area contributed by atoms with Crippen molar-refractivity contribution in [3.05, 3.63) is 58.3 Å². The minimum Gasteiger partial charge on any atom is -0.439 e. The summed E-state index contributed by atoms with van der Waals surface area (Å²) < 4.78 is 84.2. The number of cyclic esters (lactones) is 1. The van der Waals surface area contributed by atoms with Crippen molar-refractivity contribution in [2.45, 2.75) is 51.2 Å². The van der Waals surface area contributed by atoms with E-state index in [9.17, 15) is 31.1 Å². The molecule has 200 valence electrons. The van der Waals surface area contributed by atoms with Crippen LogP contribution in [0.15, 0.2) is 58.3 Å². The Balaban J connectivity index is 0.000000318. The van der Waals surface area contributed by atoms with E-state index in [4.69, 9.17) is 4.74 Å². The van der Waals surface area contributed by atoms with Crippen LogP contribution in [0.25, 0.3) is 0 Å². The van der Waals surface area contributed by atoms with Crippen LogP contribution in [0.5, 0.6) is 0 Å². The van der Waals surface area contributed by atoms with Crippen molar-refractivity contribution in [2.24, 2.45) is 5.92 Å². The maximum atomic E-state index is 13.0. The summed E-state index contributed by atoms with van der Waals surface area (Å²) in [5.41, 5.74) is -1.47. The first-order chi connectivity index (χ1) is 16.8. The van der Waals surface area contributed by atoms with Gasteiger partial charge in [-0.3, -0.25) is 0 Å². The Morgan fingerprint density at radius 1 is 1.14 bits per heavy atom. The lowest BCUT2D eigenvalue weighted by Crippen LogP contribution is -2.31. The molecule has 0 bridgehead atoms. The first kappa shape index (κ1) is 29.7. The van der Waals surface area contributed by atoms with E-state index in [2.05, 4.69) is 20.9 Å². The maximum absolute atomic E-state index is 13.0. The van der Waals surface area contributed by atoms with Gasteiger partial charge in [0.05, 0.1) is 17.5 Å². The Hall–Kier alpha value is -2.50. The number of carbonyl (C=O) groups is 1. The number of ether oxygens (including phenoxy) is 1. The summed E-state index contributed by atoms with van der Waals surface area (Å²) in [6.45, 7) is 4.39. The normalized spacial score (nSPS) is 23.2. The molecule has 0 N–H and O–H groups in total. The van der Waals surface area contributed by atoms with Crippen LogP contribution in [-0.2, 0) is 4.74 Å². The highest BCUT2D eigenvalue weighted by molar-refractivity contribution is 9.10. The van der Waals surface area contributed by atoms with Gasteiger partial charge < -0.3 is 14.5 Å². The van der Waals surface area contributed by atoms with E-state index in [1.807, 2.05) is 45.0 Å². The molecule has 1 aromatic rings. The topological polar surface area (TPSA) is 45.7 Å². The molecule has 36 heavy (non-hydrogen) atoms. The first-order valence-corrected chi connectivity index (χ1v) is 12.1. The van der Waals surface area contributed by atoms with Gasteiger partial charge in [-0.25, -0.2) is 9.78 Å². The fourth-order valence-electron chi connectivity index (χ4n) is 3.81. The minimum atomic E-state index is -4.80. The lowest BCUT2D eigenvalue weighted by Gasteiger charge is -2.20. The average molecular weight is 584 g/mol. The number of pyridine rings is 1. The van der Waals surface area contributed by atoms with Crippen LogP contribution in [0.3, 0.4) is 0 Å². The third-order valence-corrected chi connectivity index (χ3v) is 5.96. The smallest absolute Gasteiger partial charge is 0.416 e. The predicted octanol–water partition coefficient (Wildman–Crippen LogP) is 7.07. The fourth-order valence-corrected chi connectivity index (χ4v) is 4.05. The lowest BCUT2D eigenvalue weighted by atomic mass is 9.96. The summed E-state index contributed by atoms with van der Waals surface area (Å²) in [4.78, 5) is 19.2. The van der Waals surface area contributed by atoms with E-state index in [1.54, 1.807) is 6.20 Å². The average Bonchev–Trinajstić information content (AvgIpc) is 3.30. The molecule has 0 saturated carbocycles. The molecule has 2 saturated heterocycles. The number of hydrogen-bond donors (Lipinski definition) is 0. The molecule has 0 aromatic carbocycles. The van der Waals surface area contributed by atoms with Crippen LogP contribution in [0.2, 0.25) is 0 Å². The van der Waals surface area contributed by atoms with Gasteiger partial charge in [-0.15, -0.1) is 0 Å². The highest BCUT2D eigenvalue weighted by Crippen LogP contribution is 2.40. The number of nitrogens with zero attached hydrogens (tertiary/aromatic N) is 3. The number of alkyl halides is 6. The van der Waals surface area contributed by atoms with Crippen LogP contribution < -0.4 is 4.90 Å². The van der Waals surface area contributed by atoms with E-state index < -0.39 is 42.1 Å². The molecule has 2 fully saturated rings. The van der Waals surface area contributed by atoms with Gasteiger partial charge in [-0.1, -0.05) is 32.1 Å². The largest absolute Gasteiger partial charge is 0.439 e. The molecule has 4 rings (SSSR count). The van der Waals surface area contributed by atoms with E-state index in [0.29, 0.717) is 43.7 Å². The number of rotatable bonds is 2. The van der Waals surface area contributed by atoms with Gasteiger partial charge in [0.2, 0.25) is 0 Å². The van der Waals surface area contributed by atoms with Gasteiger partial charge >= 0.3 is 18.4 Å². The second-order valence-electron chi connectivity index (χ2n) is 8.13. The van der Waals surface area contributed by atoms with Gasteiger partial charge in [0.25, 0.3) is 0 Å². The van der Waals surface area contributed by atoms with Gasteiger partial charge in [0.15, 0.2) is 0 Å². The first-order valence-electron chi connectivity index (χ1n) is 11.3. The maximum Gasteiger partial charge on any atom is 0.416 e. The third kappa shape index (κ3) is 7.50. The Morgan fingerprint density at radius 3 is 2.33 bits per heavy atom. The number of aromatic nitrogens is 1. The molecular formula is C24H28BrF6N3O2. The van der Waals surface area contributed by atoms with E-state index in [-0.39, 0.29) is 5.57 Å². The molecule has 3 unspecified atom stereocenters. The monoisotopic (exact) mass is 583 g/mol. The van der Waals surface area contributed by atoms with Crippen molar-refractivity contribution >= 4 is 27.8 Å². The number of anilines is 1. The minimum absolute atomic E-state index is 0.266. The Kier molecular flexibility index (Phi) is 10.0. The zero-order valence-corrected chi connectivity index (χ0v) is 21.8.